The van der Waals surface area contributed by atoms with Crippen molar-refractivity contribution in [1.29, 1.82) is 0 Å². The van der Waals surface area contributed by atoms with Crippen molar-refractivity contribution in [2.45, 2.75) is 33.5 Å². The van der Waals surface area contributed by atoms with Crippen LogP contribution in [0.3, 0.4) is 0 Å². The zero-order valence-corrected chi connectivity index (χ0v) is 14.6. The van der Waals surface area contributed by atoms with E-state index in [1.165, 1.54) is 24.3 Å². The smallest absolute Gasteiger partial charge is 0.338 e. The predicted molar refractivity (Wildman–Crippen MR) is 87.0 cm³/mol. The summed E-state index contributed by atoms with van der Waals surface area (Å²) in [6.45, 7) is 7.04. The number of carboxylic acid groups (broad SMARTS) is 1. The molecule has 2 atom stereocenters. The molecule has 1 aromatic carbocycles. The highest BCUT2D eigenvalue weighted by atomic mass is 31.2. The summed E-state index contributed by atoms with van der Waals surface area (Å²) in [7, 11) is -3.68. The van der Waals surface area contributed by atoms with E-state index in [4.69, 9.17) is 9.84 Å². The second kappa shape index (κ2) is 7.75. The fraction of sp³-hybridized carbons (Fsp3) is 0.500. The van der Waals surface area contributed by atoms with Crippen LogP contribution >= 0.6 is 7.37 Å². The molecule has 1 aromatic rings. The van der Waals surface area contributed by atoms with Crippen molar-refractivity contribution in [1.82, 2.24) is 0 Å². The number of rotatable bonds is 7. The van der Waals surface area contributed by atoms with Gasteiger partial charge < -0.3 is 14.7 Å². The number of aromatic carboxylic acids is 1. The Hall–Kier alpha value is -1.65. The average Bonchev–Trinajstić information content (AvgIpc) is 2.42. The maximum atomic E-state index is 12.5. The third-order valence-electron chi connectivity index (χ3n) is 3.17. The van der Waals surface area contributed by atoms with E-state index in [9.17, 15) is 19.0 Å². The second-order valence-corrected chi connectivity index (χ2v) is 8.64. The summed E-state index contributed by atoms with van der Waals surface area (Å²) in [6.07, 6.45) is 0.0539. The van der Waals surface area contributed by atoms with E-state index in [2.05, 4.69) is 0 Å². The number of ether oxygens (including phenoxy) is 1. The maximum absolute atomic E-state index is 12.5. The van der Waals surface area contributed by atoms with Gasteiger partial charge in [0.1, 0.15) is 0 Å². The summed E-state index contributed by atoms with van der Waals surface area (Å²) in [5.41, 5.74) is -0.00462. The molecule has 0 radical (unpaired) electrons. The van der Waals surface area contributed by atoms with Crippen molar-refractivity contribution in [3.05, 3.63) is 35.4 Å². The minimum absolute atomic E-state index is 0.0128. The molecule has 0 heterocycles. The van der Waals surface area contributed by atoms with Crippen LogP contribution in [0.15, 0.2) is 24.3 Å². The largest absolute Gasteiger partial charge is 0.478 e. The number of hydrogen-bond donors (Lipinski definition) is 2. The molecule has 23 heavy (non-hydrogen) atoms. The molecule has 128 valence electrons. The minimum atomic E-state index is -3.68. The third kappa shape index (κ3) is 5.48. The molecule has 0 amide bonds. The number of benzene rings is 1. The van der Waals surface area contributed by atoms with Gasteiger partial charge in [0.2, 0.25) is 7.37 Å². The first kappa shape index (κ1) is 19.4. The lowest BCUT2D eigenvalue weighted by atomic mass is 10.1. The van der Waals surface area contributed by atoms with Gasteiger partial charge in [0, 0.05) is 6.16 Å². The van der Waals surface area contributed by atoms with Crippen molar-refractivity contribution >= 4 is 19.3 Å². The van der Waals surface area contributed by atoms with Gasteiger partial charge in [-0.1, -0.05) is 33.8 Å². The van der Waals surface area contributed by atoms with Gasteiger partial charge in [0.25, 0.3) is 0 Å². The molecule has 0 aliphatic carbocycles. The Bertz CT molecular complexity index is 623. The Labute approximate surface area is 135 Å². The zero-order valence-electron chi connectivity index (χ0n) is 13.7. The number of carbonyl (C=O) groups is 2. The minimum Gasteiger partial charge on any atom is -0.478 e. The van der Waals surface area contributed by atoms with Crippen LogP contribution in [0.4, 0.5) is 0 Å². The first-order chi connectivity index (χ1) is 10.5. The Balaban J connectivity index is 3.01. The zero-order chi connectivity index (χ0) is 17.8. The molecule has 0 fully saturated rings. The van der Waals surface area contributed by atoms with Gasteiger partial charge >= 0.3 is 11.9 Å². The van der Waals surface area contributed by atoms with E-state index in [-0.39, 0.29) is 29.1 Å². The van der Waals surface area contributed by atoms with E-state index in [0.29, 0.717) is 0 Å². The number of hydrogen-bond acceptors (Lipinski definition) is 4. The summed E-state index contributed by atoms with van der Waals surface area (Å²) in [5, 5.41) is 8.95. The van der Waals surface area contributed by atoms with E-state index >= 15 is 0 Å². The molecule has 2 unspecified atom stereocenters. The molecule has 0 spiro atoms. The van der Waals surface area contributed by atoms with E-state index < -0.39 is 25.2 Å². The Kier molecular flexibility index (Phi) is 6.54. The first-order valence-electron chi connectivity index (χ1n) is 7.40. The summed E-state index contributed by atoms with van der Waals surface area (Å²) >= 11 is 0. The van der Waals surface area contributed by atoms with E-state index in [0.717, 1.165) is 0 Å². The highest BCUT2D eigenvalue weighted by molar-refractivity contribution is 7.58. The summed E-state index contributed by atoms with van der Waals surface area (Å²) in [5.74, 6) is -3.43. The van der Waals surface area contributed by atoms with Crippen LogP contribution in [-0.4, -0.2) is 33.9 Å². The second-order valence-electron chi connectivity index (χ2n) is 6.26. The lowest BCUT2D eigenvalue weighted by Gasteiger charge is -2.27. The van der Waals surface area contributed by atoms with Crippen LogP contribution in [0.5, 0.6) is 0 Å². The van der Waals surface area contributed by atoms with Gasteiger partial charge in [0.15, 0.2) is 5.85 Å². The van der Waals surface area contributed by atoms with Gasteiger partial charge in [-0.05, 0) is 30.0 Å². The SMILES string of the molecule is CC(C)CP(=O)(O)C(OC(=O)c1cccc(C(=O)O)c1)C(C)C. The molecule has 2 N–H and O–H groups in total. The molecular weight excluding hydrogens is 319 g/mol. The average molecular weight is 342 g/mol. The van der Waals surface area contributed by atoms with Crippen molar-refractivity contribution in [2.24, 2.45) is 11.8 Å². The normalized spacial score (nSPS) is 15.3. The summed E-state index contributed by atoms with van der Waals surface area (Å²) in [4.78, 5) is 33.4. The van der Waals surface area contributed by atoms with Gasteiger partial charge in [0.05, 0.1) is 11.1 Å². The lowest BCUT2D eigenvalue weighted by Crippen LogP contribution is -2.26. The lowest BCUT2D eigenvalue weighted by molar-refractivity contribution is 0.0348. The Morgan fingerprint density at radius 1 is 1.17 bits per heavy atom. The molecule has 7 heteroatoms. The fourth-order valence-electron chi connectivity index (χ4n) is 2.27. The molecule has 0 saturated heterocycles. The Morgan fingerprint density at radius 3 is 2.22 bits per heavy atom. The van der Waals surface area contributed by atoms with Crippen molar-refractivity contribution < 1.29 is 28.9 Å². The highest BCUT2D eigenvalue weighted by Gasteiger charge is 2.37. The maximum Gasteiger partial charge on any atom is 0.338 e. The molecule has 1 rings (SSSR count). The molecule has 6 nitrogen and oxygen atoms in total. The molecule has 0 aliphatic heterocycles. The number of carbonyl (C=O) groups excluding carboxylic acids is 1. The van der Waals surface area contributed by atoms with Crippen LogP contribution in [0.2, 0.25) is 0 Å². The molecular formula is C16H23O6P. The molecule has 0 bridgehead atoms. The van der Waals surface area contributed by atoms with Crippen LogP contribution in [0, 0.1) is 11.8 Å². The first-order valence-corrected chi connectivity index (χ1v) is 9.32. The third-order valence-corrected chi connectivity index (χ3v) is 5.92. The molecule has 0 aliphatic rings. The molecule has 0 saturated carbocycles. The number of carboxylic acids is 1. The van der Waals surface area contributed by atoms with Gasteiger partial charge in [-0.25, -0.2) is 9.59 Å². The topological polar surface area (TPSA) is 101 Å². The number of esters is 1. The van der Waals surface area contributed by atoms with Crippen LogP contribution in [0.25, 0.3) is 0 Å². The quantitative estimate of drug-likeness (QED) is 0.581. The monoisotopic (exact) mass is 342 g/mol. The van der Waals surface area contributed by atoms with Crippen LogP contribution in [0.1, 0.15) is 48.4 Å². The van der Waals surface area contributed by atoms with Crippen LogP contribution < -0.4 is 0 Å². The highest BCUT2D eigenvalue weighted by Crippen LogP contribution is 2.51. The Morgan fingerprint density at radius 2 is 1.74 bits per heavy atom. The van der Waals surface area contributed by atoms with E-state index in [1.807, 2.05) is 13.8 Å². The van der Waals surface area contributed by atoms with E-state index in [1.54, 1.807) is 13.8 Å². The fourth-order valence-corrected chi connectivity index (χ4v) is 4.71. The standard InChI is InChI=1S/C16H23O6P/c1-10(2)9-23(20,21)16(11(3)4)22-15(19)13-7-5-6-12(8-13)14(17)18/h5-8,10-11,16H,9H2,1-4H3,(H,17,18)(H,20,21). The van der Waals surface area contributed by atoms with Gasteiger partial charge in [-0.2, -0.15) is 0 Å². The van der Waals surface area contributed by atoms with Crippen molar-refractivity contribution in [3.8, 4) is 0 Å². The summed E-state index contributed by atoms with van der Waals surface area (Å²) in [6, 6.07) is 5.38. The predicted octanol–water partition coefficient (Wildman–Crippen LogP) is 3.45. The van der Waals surface area contributed by atoms with Gasteiger partial charge in [-0.15, -0.1) is 0 Å². The van der Waals surface area contributed by atoms with Crippen LogP contribution in [-0.2, 0) is 9.30 Å². The van der Waals surface area contributed by atoms with Crippen molar-refractivity contribution in [2.75, 3.05) is 6.16 Å². The summed E-state index contributed by atoms with van der Waals surface area (Å²) < 4.78 is 17.7. The van der Waals surface area contributed by atoms with Gasteiger partial charge in [-0.3, -0.25) is 4.57 Å². The molecule has 0 aromatic heterocycles. The van der Waals surface area contributed by atoms with Crippen molar-refractivity contribution in [3.63, 3.8) is 0 Å².